The van der Waals surface area contributed by atoms with Gasteiger partial charge in [-0.3, -0.25) is 0 Å². The molecule has 1 unspecified atom stereocenters. The van der Waals surface area contributed by atoms with Gasteiger partial charge < -0.3 is 24.1 Å². The molecule has 4 aromatic carbocycles. The van der Waals surface area contributed by atoms with Crippen molar-refractivity contribution in [2.45, 2.75) is 18.8 Å². The molecule has 6 rings (SSSR count). The summed E-state index contributed by atoms with van der Waals surface area (Å²) in [6, 6.07) is 27.6. The van der Waals surface area contributed by atoms with E-state index in [1.54, 1.807) is 62.8 Å². The minimum absolute atomic E-state index is 0.206. The average Bonchev–Trinajstić information content (AvgIpc) is 3.58. The normalized spacial score (nSPS) is 16.6. The van der Waals surface area contributed by atoms with Gasteiger partial charge in [-0.05, 0) is 65.2 Å². The highest BCUT2D eigenvalue weighted by Gasteiger charge is 2.48. The van der Waals surface area contributed by atoms with E-state index in [4.69, 9.17) is 18.9 Å². The number of aromatic nitrogens is 2. The summed E-state index contributed by atoms with van der Waals surface area (Å²) >= 11 is 1.10. The van der Waals surface area contributed by atoms with Crippen molar-refractivity contribution < 1.29 is 28.8 Å². The molecule has 9 heteroatoms. The third kappa shape index (κ3) is 5.13. The summed E-state index contributed by atoms with van der Waals surface area (Å²) in [6.45, 7) is 0.405. The Hall–Kier alpha value is -4.73. The molecule has 1 N–H and O–H groups in total. The van der Waals surface area contributed by atoms with Crippen molar-refractivity contribution in [3.63, 3.8) is 0 Å². The molecular weight excluding hydrogens is 540 g/mol. The number of methoxy groups -OCH3 is 2. The van der Waals surface area contributed by atoms with Gasteiger partial charge in [-0.2, -0.15) is 8.75 Å². The SMILES string of the molecule is COc1ccc(CC2=C(c3ccc4nsnc4c3)C(=O)OC2(O)c2ccc(OCc3ccccc3)cc2)cc1OC. The first-order chi connectivity index (χ1) is 20.0. The van der Waals surface area contributed by atoms with E-state index in [0.29, 0.717) is 46.1 Å². The number of benzene rings is 4. The fraction of sp³-hybridized carbons (Fsp3) is 0.156. The second-order valence-corrected chi connectivity index (χ2v) is 10.0. The number of esters is 1. The lowest BCUT2D eigenvalue weighted by molar-refractivity contribution is -0.185. The molecule has 41 heavy (non-hydrogen) atoms. The van der Waals surface area contributed by atoms with Gasteiger partial charge in [0.2, 0.25) is 0 Å². The Labute approximate surface area is 240 Å². The zero-order chi connectivity index (χ0) is 28.4. The Morgan fingerprint density at radius 2 is 1.59 bits per heavy atom. The molecule has 0 radical (unpaired) electrons. The summed E-state index contributed by atoms with van der Waals surface area (Å²) in [4.78, 5) is 13.4. The first-order valence-corrected chi connectivity index (χ1v) is 13.6. The highest BCUT2D eigenvalue weighted by molar-refractivity contribution is 7.00. The van der Waals surface area contributed by atoms with Gasteiger partial charge in [-0.1, -0.05) is 42.5 Å². The second-order valence-electron chi connectivity index (χ2n) is 9.52. The van der Waals surface area contributed by atoms with E-state index in [-0.39, 0.29) is 12.0 Å². The molecular formula is C32H26N2O6S. The Morgan fingerprint density at radius 1 is 0.829 bits per heavy atom. The van der Waals surface area contributed by atoms with Crippen LogP contribution < -0.4 is 14.2 Å². The number of cyclic esters (lactones) is 1. The molecule has 206 valence electrons. The molecule has 8 nitrogen and oxygen atoms in total. The van der Waals surface area contributed by atoms with Gasteiger partial charge in [-0.15, -0.1) is 0 Å². The summed E-state index contributed by atoms with van der Waals surface area (Å²) in [5.41, 5.74) is 4.89. The van der Waals surface area contributed by atoms with Crippen LogP contribution >= 0.6 is 11.7 Å². The van der Waals surface area contributed by atoms with Gasteiger partial charge in [0.25, 0.3) is 5.79 Å². The zero-order valence-corrected chi connectivity index (χ0v) is 23.2. The minimum atomic E-state index is -2.01. The number of hydrogen-bond donors (Lipinski definition) is 1. The van der Waals surface area contributed by atoms with Crippen LogP contribution in [0.25, 0.3) is 16.6 Å². The van der Waals surface area contributed by atoms with Crippen molar-refractivity contribution in [3.8, 4) is 17.2 Å². The van der Waals surface area contributed by atoms with Gasteiger partial charge in [0.05, 0.1) is 31.5 Å². The van der Waals surface area contributed by atoms with Crippen LogP contribution in [-0.4, -0.2) is 34.0 Å². The van der Waals surface area contributed by atoms with Gasteiger partial charge in [0.15, 0.2) is 11.5 Å². The lowest BCUT2D eigenvalue weighted by Crippen LogP contribution is -2.29. The number of carbonyl (C=O) groups excluding carboxylic acids is 1. The number of nitrogens with zero attached hydrogens (tertiary/aromatic N) is 2. The number of aliphatic hydroxyl groups is 1. The van der Waals surface area contributed by atoms with Crippen LogP contribution in [0.3, 0.4) is 0 Å². The number of carbonyl (C=O) groups is 1. The van der Waals surface area contributed by atoms with Crippen molar-refractivity contribution in [2.24, 2.45) is 0 Å². The maximum atomic E-state index is 13.4. The van der Waals surface area contributed by atoms with Crippen molar-refractivity contribution in [3.05, 3.63) is 119 Å². The number of rotatable bonds is 9. The topological polar surface area (TPSA) is 100 Å². The summed E-state index contributed by atoms with van der Waals surface area (Å²) in [7, 11) is 3.13. The fourth-order valence-corrected chi connectivity index (χ4v) is 5.44. The van der Waals surface area contributed by atoms with Crippen molar-refractivity contribution >= 4 is 34.3 Å². The smallest absolute Gasteiger partial charge is 0.342 e. The molecule has 0 spiro atoms. The Balaban J connectivity index is 1.40. The largest absolute Gasteiger partial charge is 0.493 e. The molecule has 1 aliphatic rings. The highest BCUT2D eigenvalue weighted by Crippen LogP contribution is 2.45. The van der Waals surface area contributed by atoms with E-state index >= 15 is 0 Å². The van der Waals surface area contributed by atoms with E-state index in [1.807, 2.05) is 42.5 Å². The van der Waals surface area contributed by atoms with Crippen LogP contribution in [-0.2, 0) is 28.3 Å². The fourth-order valence-electron chi connectivity index (χ4n) is 4.92. The Kier molecular flexibility index (Phi) is 7.13. The summed E-state index contributed by atoms with van der Waals surface area (Å²) in [5, 5.41) is 12.1. The molecule has 1 aromatic heterocycles. The van der Waals surface area contributed by atoms with Crippen LogP contribution in [0.1, 0.15) is 22.3 Å². The van der Waals surface area contributed by atoms with Crippen molar-refractivity contribution in [1.29, 1.82) is 0 Å². The van der Waals surface area contributed by atoms with Crippen LogP contribution in [0.15, 0.2) is 96.6 Å². The monoisotopic (exact) mass is 566 g/mol. The van der Waals surface area contributed by atoms with E-state index in [1.165, 1.54) is 0 Å². The lowest BCUT2D eigenvalue weighted by atomic mass is 9.88. The second kappa shape index (κ2) is 11.0. The maximum Gasteiger partial charge on any atom is 0.342 e. The first-order valence-electron chi connectivity index (χ1n) is 12.9. The van der Waals surface area contributed by atoms with Crippen molar-refractivity contribution in [1.82, 2.24) is 8.75 Å². The van der Waals surface area contributed by atoms with Crippen LogP contribution in [0, 0.1) is 0 Å². The molecule has 0 aliphatic carbocycles. The molecule has 1 atom stereocenters. The Bertz CT molecular complexity index is 1750. The quantitative estimate of drug-likeness (QED) is 0.227. The van der Waals surface area contributed by atoms with E-state index in [9.17, 15) is 9.90 Å². The summed E-state index contributed by atoms with van der Waals surface area (Å²) in [5.74, 6) is -0.900. The van der Waals surface area contributed by atoms with Crippen molar-refractivity contribution in [2.75, 3.05) is 14.2 Å². The molecule has 5 aromatic rings. The molecule has 0 saturated heterocycles. The van der Waals surface area contributed by atoms with Crippen LogP contribution in [0.4, 0.5) is 0 Å². The van der Waals surface area contributed by atoms with Crippen LogP contribution in [0.5, 0.6) is 17.2 Å². The molecule has 0 amide bonds. The predicted molar refractivity (Wildman–Crippen MR) is 155 cm³/mol. The molecule has 1 aliphatic heterocycles. The summed E-state index contributed by atoms with van der Waals surface area (Å²) in [6.07, 6.45) is 0.206. The number of ether oxygens (including phenoxy) is 4. The van der Waals surface area contributed by atoms with E-state index in [0.717, 1.165) is 28.4 Å². The van der Waals surface area contributed by atoms with Gasteiger partial charge in [-0.25, -0.2) is 4.79 Å². The van der Waals surface area contributed by atoms with E-state index < -0.39 is 11.8 Å². The number of fused-ring (bicyclic) bond motifs is 1. The third-order valence-corrected chi connectivity index (χ3v) is 7.58. The summed E-state index contributed by atoms with van der Waals surface area (Å²) < 4.78 is 31.1. The van der Waals surface area contributed by atoms with Gasteiger partial charge in [0.1, 0.15) is 23.4 Å². The predicted octanol–water partition coefficient (Wildman–Crippen LogP) is 5.69. The molecule has 0 bridgehead atoms. The van der Waals surface area contributed by atoms with Gasteiger partial charge in [0, 0.05) is 17.6 Å². The average molecular weight is 567 g/mol. The first kappa shape index (κ1) is 26.5. The Morgan fingerprint density at radius 3 is 2.34 bits per heavy atom. The lowest BCUT2D eigenvalue weighted by Gasteiger charge is -2.26. The standard InChI is InChI=1S/C32H26N2O6S/c1-37-28-15-8-21(17-29(28)38-2)16-25-30(22-9-14-26-27(18-22)34-41-33-26)31(35)40-32(25,36)23-10-12-24(13-11-23)39-19-20-6-4-3-5-7-20/h3-15,17-18,36H,16,19H2,1-2H3. The maximum absolute atomic E-state index is 13.4. The molecule has 0 saturated carbocycles. The molecule has 0 fully saturated rings. The van der Waals surface area contributed by atoms with Crippen LogP contribution in [0.2, 0.25) is 0 Å². The third-order valence-electron chi connectivity index (χ3n) is 7.02. The number of hydrogen-bond acceptors (Lipinski definition) is 9. The molecule has 2 heterocycles. The van der Waals surface area contributed by atoms with Gasteiger partial charge >= 0.3 is 5.97 Å². The van der Waals surface area contributed by atoms with E-state index in [2.05, 4.69) is 8.75 Å². The zero-order valence-electron chi connectivity index (χ0n) is 22.4. The minimum Gasteiger partial charge on any atom is -0.493 e. The highest BCUT2D eigenvalue weighted by atomic mass is 32.1.